The quantitative estimate of drug-likeness (QED) is 0.633. The lowest BCUT2D eigenvalue weighted by Crippen LogP contribution is -2.51. The topological polar surface area (TPSA) is 91.9 Å². The summed E-state index contributed by atoms with van der Waals surface area (Å²) in [5.74, 6) is 0.591. The molecule has 1 aliphatic rings. The first-order valence-corrected chi connectivity index (χ1v) is 9.37. The molecule has 1 aliphatic heterocycles. The van der Waals surface area contributed by atoms with Crippen molar-refractivity contribution in [1.29, 1.82) is 0 Å². The van der Waals surface area contributed by atoms with Crippen LogP contribution in [0.4, 0.5) is 0 Å². The standard InChI is InChI=1S/C21H23N5O2/c1-14-5-7-15(8-6-14)19-20(16-4-2-3-9-22-16)26-18(25-19)12-24-21(27)17-13-28-11-10-23-17/h2-9,17,23H,10-13H2,1H3,(H,24,27)(H,25,26)/t17-/m0/s1. The summed E-state index contributed by atoms with van der Waals surface area (Å²) in [6.45, 7) is 4.06. The first-order valence-electron chi connectivity index (χ1n) is 9.37. The maximum atomic E-state index is 12.3. The van der Waals surface area contributed by atoms with Crippen molar-refractivity contribution in [3.63, 3.8) is 0 Å². The molecule has 3 heterocycles. The van der Waals surface area contributed by atoms with Crippen LogP contribution in [0, 0.1) is 6.92 Å². The van der Waals surface area contributed by atoms with E-state index in [-0.39, 0.29) is 11.9 Å². The number of ether oxygens (including phenoxy) is 1. The third-order valence-corrected chi connectivity index (χ3v) is 4.67. The van der Waals surface area contributed by atoms with Gasteiger partial charge in [-0.3, -0.25) is 9.78 Å². The number of aromatic amines is 1. The summed E-state index contributed by atoms with van der Waals surface area (Å²) >= 11 is 0. The van der Waals surface area contributed by atoms with E-state index in [1.54, 1.807) is 6.20 Å². The highest BCUT2D eigenvalue weighted by atomic mass is 16.5. The van der Waals surface area contributed by atoms with E-state index < -0.39 is 0 Å². The number of nitrogens with one attached hydrogen (secondary N) is 3. The molecule has 1 saturated heterocycles. The number of carbonyl (C=O) groups excluding carboxylic acids is 1. The highest BCUT2D eigenvalue weighted by Crippen LogP contribution is 2.29. The number of aryl methyl sites for hydroxylation is 1. The number of morpholine rings is 1. The maximum absolute atomic E-state index is 12.3. The van der Waals surface area contributed by atoms with Crippen LogP contribution in [0.1, 0.15) is 11.4 Å². The maximum Gasteiger partial charge on any atom is 0.239 e. The van der Waals surface area contributed by atoms with Crippen molar-refractivity contribution >= 4 is 5.91 Å². The molecule has 1 atom stereocenters. The molecule has 3 aromatic rings. The predicted molar refractivity (Wildman–Crippen MR) is 106 cm³/mol. The van der Waals surface area contributed by atoms with Gasteiger partial charge in [0.25, 0.3) is 0 Å². The van der Waals surface area contributed by atoms with Gasteiger partial charge in [-0.25, -0.2) is 4.98 Å². The second kappa shape index (κ2) is 8.33. The van der Waals surface area contributed by atoms with Gasteiger partial charge in [0.1, 0.15) is 11.9 Å². The lowest BCUT2D eigenvalue weighted by molar-refractivity contribution is -0.126. The second-order valence-corrected chi connectivity index (χ2v) is 6.79. The number of aromatic nitrogens is 3. The van der Waals surface area contributed by atoms with Gasteiger partial charge in [0.2, 0.25) is 5.91 Å². The molecule has 0 unspecified atom stereocenters. The number of hydrogen-bond donors (Lipinski definition) is 3. The number of carbonyl (C=O) groups is 1. The first-order chi connectivity index (χ1) is 13.7. The zero-order valence-electron chi connectivity index (χ0n) is 15.7. The molecule has 0 saturated carbocycles. The summed E-state index contributed by atoms with van der Waals surface area (Å²) < 4.78 is 5.35. The summed E-state index contributed by atoms with van der Waals surface area (Å²) in [4.78, 5) is 24.9. The molecule has 4 rings (SSSR count). The van der Waals surface area contributed by atoms with Crippen molar-refractivity contribution in [2.45, 2.75) is 19.5 Å². The summed E-state index contributed by atoms with van der Waals surface area (Å²) in [6.07, 6.45) is 1.76. The van der Waals surface area contributed by atoms with Crippen LogP contribution in [0.3, 0.4) is 0 Å². The Labute approximate surface area is 163 Å². The van der Waals surface area contributed by atoms with Gasteiger partial charge in [0.05, 0.1) is 36.8 Å². The van der Waals surface area contributed by atoms with Gasteiger partial charge in [-0.2, -0.15) is 0 Å². The number of H-pyrrole nitrogens is 1. The monoisotopic (exact) mass is 377 g/mol. The van der Waals surface area contributed by atoms with Crippen molar-refractivity contribution in [2.24, 2.45) is 0 Å². The van der Waals surface area contributed by atoms with Crippen LogP contribution in [0.2, 0.25) is 0 Å². The Balaban J connectivity index is 1.58. The molecule has 7 heteroatoms. The lowest BCUT2D eigenvalue weighted by atomic mass is 10.1. The summed E-state index contributed by atoms with van der Waals surface area (Å²) in [5, 5.41) is 6.08. The largest absolute Gasteiger partial charge is 0.378 e. The SMILES string of the molecule is Cc1ccc(-c2nc(CNC(=O)[C@@H]3COCCN3)[nH]c2-c2ccccn2)cc1. The van der Waals surface area contributed by atoms with Gasteiger partial charge in [0, 0.05) is 18.3 Å². The summed E-state index contributed by atoms with van der Waals surface area (Å²) in [6, 6.07) is 13.6. The van der Waals surface area contributed by atoms with Gasteiger partial charge in [-0.05, 0) is 19.1 Å². The molecule has 1 aromatic carbocycles. The van der Waals surface area contributed by atoms with Crippen molar-refractivity contribution in [1.82, 2.24) is 25.6 Å². The van der Waals surface area contributed by atoms with Crippen LogP contribution in [0.25, 0.3) is 22.6 Å². The Morgan fingerprint density at radius 2 is 2.11 bits per heavy atom. The second-order valence-electron chi connectivity index (χ2n) is 6.79. The number of pyridine rings is 1. The Morgan fingerprint density at radius 1 is 1.25 bits per heavy atom. The third-order valence-electron chi connectivity index (χ3n) is 4.67. The van der Waals surface area contributed by atoms with Gasteiger partial charge in [-0.1, -0.05) is 35.9 Å². The summed E-state index contributed by atoms with van der Waals surface area (Å²) in [5.41, 5.74) is 4.66. The molecule has 1 amide bonds. The van der Waals surface area contributed by atoms with Crippen molar-refractivity contribution in [2.75, 3.05) is 19.8 Å². The van der Waals surface area contributed by atoms with E-state index in [9.17, 15) is 4.79 Å². The van der Waals surface area contributed by atoms with E-state index in [1.165, 1.54) is 5.56 Å². The molecule has 0 radical (unpaired) electrons. The van der Waals surface area contributed by atoms with Crippen molar-refractivity contribution in [3.8, 4) is 22.6 Å². The smallest absolute Gasteiger partial charge is 0.239 e. The number of hydrogen-bond acceptors (Lipinski definition) is 5. The van der Waals surface area contributed by atoms with Gasteiger partial charge in [-0.15, -0.1) is 0 Å². The summed E-state index contributed by atoms with van der Waals surface area (Å²) in [7, 11) is 0. The number of imidazole rings is 1. The van der Waals surface area contributed by atoms with E-state index in [1.807, 2.05) is 30.3 Å². The van der Waals surface area contributed by atoms with Gasteiger partial charge < -0.3 is 20.4 Å². The fraction of sp³-hybridized carbons (Fsp3) is 0.286. The minimum absolute atomic E-state index is 0.0904. The zero-order valence-corrected chi connectivity index (χ0v) is 15.7. The molecule has 3 N–H and O–H groups in total. The first kappa shape index (κ1) is 18.3. The lowest BCUT2D eigenvalue weighted by Gasteiger charge is -2.22. The van der Waals surface area contributed by atoms with E-state index in [4.69, 9.17) is 9.72 Å². The van der Waals surface area contributed by atoms with Gasteiger partial charge >= 0.3 is 0 Å². The fourth-order valence-electron chi connectivity index (χ4n) is 3.15. The molecule has 7 nitrogen and oxygen atoms in total. The Hall–Kier alpha value is -3.03. The molecule has 144 valence electrons. The molecule has 1 fully saturated rings. The Kier molecular flexibility index (Phi) is 5.45. The van der Waals surface area contributed by atoms with Crippen LogP contribution < -0.4 is 10.6 Å². The normalized spacial score (nSPS) is 16.7. The van der Waals surface area contributed by atoms with Gasteiger partial charge in [0.15, 0.2) is 0 Å². The van der Waals surface area contributed by atoms with E-state index in [0.29, 0.717) is 32.1 Å². The molecule has 0 spiro atoms. The van der Waals surface area contributed by atoms with Crippen molar-refractivity contribution in [3.05, 3.63) is 60.0 Å². The average Bonchev–Trinajstić information content (AvgIpc) is 3.18. The number of benzene rings is 1. The fourth-order valence-corrected chi connectivity index (χ4v) is 3.15. The van der Waals surface area contributed by atoms with Crippen LogP contribution in [-0.2, 0) is 16.1 Å². The predicted octanol–water partition coefficient (Wildman–Crippen LogP) is 2.05. The minimum Gasteiger partial charge on any atom is -0.378 e. The van der Waals surface area contributed by atoms with E-state index in [0.717, 1.165) is 22.6 Å². The zero-order chi connectivity index (χ0) is 19.3. The Morgan fingerprint density at radius 3 is 2.82 bits per heavy atom. The van der Waals surface area contributed by atoms with E-state index >= 15 is 0 Å². The molecular weight excluding hydrogens is 354 g/mol. The van der Waals surface area contributed by atoms with Crippen molar-refractivity contribution < 1.29 is 9.53 Å². The molecule has 0 bridgehead atoms. The molecule has 2 aromatic heterocycles. The van der Waals surface area contributed by atoms with Crippen LogP contribution in [0.5, 0.6) is 0 Å². The van der Waals surface area contributed by atoms with Crippen LogP contribution >= 0.6 is 0 Å². The van der Waals surface area contributed by atoms with Crippen LogP contribution in [0.15, 0.2) is 48.7 Å². The molecular formula is C21H23N5O2. The average molecular weight is 377 g/mol. The number of rotatable bonds is 5. The van der Waals surface area contributed by atoms with Crippen LogP contribution in [-0.4, -0.2) is 46.7 Å². The molecule has 0 aliphatic carbocycles. The molecule has 28 heavy (non-hydrogen) atoms. The Bertz CT molecular complexity index is 931. The number of nitrogens with zero attached hydrogens (tertiary/aromatic N) is 2. The highest BCUT2D eigenvalue weighted by molar-refractivity contribution is 5.82. The number of amides is 1. The minimum atomic E-state index is -0.324. The van der Waals surface area contributed by atoms with E-state index in [2.05, 4.69) is 39.7 Å². The highest BCUT2D eigenvalue weighted by Gasteiger charge is 2.21. The third kappa shape index (κ3) is 4.11.